The number of likely N-dealkylation sites (tertiary alicyclic amines) is 1. The fourth-order valence-electron chi connectivity index (χ4n) is 6.67. The van der Waals surface area contributed by atoms with Crippen molar-refractivity contribution >= 4 is 39.6 Å². The van der Waals surface area contributed by atoms with Gasteiger partial charge in [0.25, 0.3) is 0 Å². The summed E-state index contributed by atoms with van der Waals surface area (Å²) >= 11 is 3.67. The van der Waals surface area contributed by atoms with Crippen molar-refractivity contribution in [2.24, 2.45) is 11.8 Å². The normalized spacial score (nSPS) is 28.7. The van der Waals surface area contributed by atoms with Crippen LogP contribution in [0.5, 0.6) is 0 Å². The van der Waals surface area contributed by atoms with Gasteiger partial charge < -0.3 is 29.7 Å². The Hall–Kier alpha value is -3.02. The van der Waals surface area contributed by atoms with Gasteiger partial charge in [0, 0.05) is 23.8 Å². The average Bonchev–Trinajstić information content (AvgIpc) is 3.59. The first kappa shape index (κ1) is 32.9. The van der Waals surface area contributed by atoms with Crippen LogP contribution < -0.4 is 5.32 Å². The van der Waals surface area contributed by atoms with Gasteiger partial charge in [-0.3, -0.25) is 19.2 Å². The molecular weight excluding hydrogens is 618 g/mol. The highest BCUT2D eigenvalue weighted by atomic mass is 79.9. The van der Waals surface area contributed by atoms with Crippen LogP contribution in [0.2, 0.25) is 0 Å². The van der Waals surface area contributed by atoms with E-state index in [9.17, 15) is 24.3 Å². The van der Waals surface area contributed by atoms with E-state index in [1.165, 1.54) is 4.90 Å². The van der Waals surface area contributed by atoms with Crippen molar-refractivity contribution < 1.29 is 33.8 Å². The van der Waals surface area contributed by atoms with E-state index in [1.807, 2.05) is 32.0 Å². The molecular formula is C32H42BrN3O7. The highest BCUT2D eigenvalue weighted by molar-refractivity contribution is 9.09. The van der Waals surface area contributed by atoms with Crippen LogP contribution in [-0.4, -0.2) is 93.0 Å². The number of nitrogens with one attached hydrogen (secondary N) is 1. The molecule has 3 heterocycles. The lowest BCUT2D eigenvalue weighted by atomic mass is 9.70. The monoisotopic (exact) mass is 659 g/mol. The molecule has 1 unspecified atom stereocenters. The predicted molar refractivity (Wildman–Crippen MR) is 164 cm³/mol. The van der Waals surface area contributed by atoms with Crippen LogP contribution in [0.15, 0.2) is 55.6 Å². The minimum atomic E-state index is -1.28. The topological polar surface area (TPSA) is 125 Å². The van der Waals surface area contributed by atoms with Crippen molar-refractivity contribution in [2.45, 2.75) is 80.8 Å². The zero-order valence-electron chi connectivity index (χ0n) is 25.0. The Bertz CT molecular complexity index is 1230. The zero-order valence-corrected chi connectivity index (χ0v) is 26.6. The van der Waals surface area contributed by atoms with E-state index in [1.54, 1.807) is 36.1 Å². The number of ether oxygens (including phenoxy) is 2. The van der Waals surface area contributed by atoms with Gasteiger partial charge in [-0.1, -0.05) is 58.4 Å². The molecule has 1 aromatic rings. The summed E-state index contributed by atoms with van der Waals surface area (Å²) in [5.74, 6) is -3.54. The summed E-state index contributed by atoms with van der Waals surface area (Å²) in [6, 6.07) is 7.17. The first-order valence-corrected chi connectivity index (χ1v) is 15.7. The number of carbonyl (C=O) groups excluding carboxylic acids is 4. The molecule has 0 aliphatic carbocycles. The largest absolute Gasteiger partial charge is 0.455 e. The van der Waals surface area contributed by atoms with Gasteiger partial charge in [0.2, 0.25) is 17.7 Å². The Labute approximate surface area is 261 Å². The second-order valence-electron chi connectivity index (χ2n) is 11.8. The van der Waals surface area contributed by atoms with E-state index < -0.39 is 53.6 Å². The van der Waals surface area contributed by atoms with Gasteiger partial charge in [-0.15, -0.1) is 13.2 Å². The summed E-state index contributed by atoms with van der Waals surface area (Å²) in [5, 5.41) is 12.9. The highest BCUT2D eigenvalue weighted by Crippen LogP contribution is 2.60. The van der Waals surface area contributed by atoms with Gasteiger partial charge in [-0.25, -0.2) is 0 Å². The van der Waals surface area contributed by atoms with Crippen LogP contribution in [0.3, 0.4) is 0 Å². The van der Waals surface area contributed by atoms with Gasteiger partial charge in [-0.2, -0.15) is 0 Å². The van der Waals surface area contributed by atoms with Gasteiger partial charge in [0.05, 0.1) is 37.1 Å². The third-order valence-electron chi connectivity index (χ3n) is 8.69. The summed E-state index contributed by atoms with van der Waals surface area (Å²) in [5.41, 5.74) is -0.595. The number of amides is 3. The fraction of sp³-hybridized carbons (Fsp3) is 0.562. The number of benzene rings is 1. The number of hydrogen-bond acceptors (Lipinski definition) is 7. The van der Waals surface area contributed by atoms with Crippen molar-refractivity contribution in [3.05, 3.63) is 61.2 Å². The van der Waals surface area contributed by atoms with Crippen LogP contribution >= 0.6 is 15.9 Å². The number of halogens is 1. The first-order valence-electron chi connectivity index (χ1n) is 14.8. The zero-order chi connectivity index (χ0) is 31.5. The number of aliphatic hydroxyl groups is 1. The molecule has 0 saturated carbocycles. The van der Waals surface area contributed by atoms with Crippen LogP contribution in [0, 0.1) is 11.8 Å². The van der Waals surface area contributed by atoms with E-state index in [4.69, 9.17) is 9.47 Å². The molecule has 3 fully saturated rings. The number of esters is 1. The molecule has 234 valence electrons. The molecule has 2 N–H and O–H groups in total. The Kier molecular flexibility index (Phi) is 10.5. The molecule has 3 amide bonds. The lowest BCUT2D eigenvalue weighted by Crippen LogP contribution is -2.59. The summed E-state index contributed by atoms with van der Waals surface area (Å²) in [6.07, 6.45) is 2.89. The molecule has 0 aromatic heterocycles. The van der Waals surface area contributed by atoms with E-state index in [-0.39, 0.29) is 48.8 Å². The lowest BCUT2D eigenvalue weighted by molar-refractivity contribution is -0.161. The average molecular weight is 661 g/mol. The third-order valence-corrected chi connectivity index (χ3v) is 9.54. The van der Waals surface area contributed by atoms with Gasteiger partial charge in [0.15, 0.2) is 0 Å². The Morgan fingerprint density at radius 1 is 1.23 bits per heavy atom. The van der Waals surface area contributed by atoms with Crippen LogP contribution in [-0.2, 0) is 28.7 Å². The number of rotatable bonds is 14. The Morgan fingerprint density at radius 2 is 1.93 bits per heavy atom. The molecule has 3 saturated heterocycles. The first-order chi connectivity index (χ1) is 20.5. The van der Waals surface area contributed by atoms with Crippen molar-refractivity contribution in [1.82, 2.24) is 15.1 Å². The molecule has 4 rings (SSSR count). The number of alkyl halides is 1. The van der Waals surface area contributed by atoms with Crippen LogP contribution in [0.1, 0.15) is 51.7 Å². The number of carbonyl (C=O) groups is 4. The smallest absolute Gasteiger partial charge is 0.313 e. The lowest BCUT2D eigenvalue weighted by Gasteiger charge is -2.39. The van der Waals surface area contributed by atoms with Gasteiger partial charge in [0.1, 0.15) is 17.7 Å². The SMILES string of the molecule is C=CCCC(=O)NC[C@@H](OC(=O)[C@@H]1[C@H]2O[C@@]3(CC2Br)[C@H](C(=O)N(CC=C)C(C)C)N([C@H](C)CO)C(=O)[C@@H]13)c1ccccc1. The van der Waals surface area contributed by atoms with E-state index in [0.717, 1.165) is 0 Å². The molecule has 2 bridgehead atoms. The maximum Gasteiger partial charge on any atom is 0.313 e. The van der Waals surface area contributed by atoms with Gasteiger partial charge >= 0.3 is 5.97 Å². The predicted octanol–water partition coefficient (Wildman–Crippen LogP) is 2.91. The summed E-state index contributed by atoms with van der Waals surface area (Å²) in [7, 11) is 0. The quantitative estimate of drug-likeness (QED) is 0.179. The van der Waals surface area contributed by atoms with E-state index >= 15 is 0 Å². The number of fused-ring (bicyclic) bond motifs is 1. The number of hydrogen-bond donors (Lipinski definition) is 2. The molecule has 10 nitrogen and oxygen atoms in total. The maximum absolute atomic E-state index is 14.2. The third kappa shape index (κ3) is 6.17. The summed E-state index contributed by atoms with van der Waals surface area (Å²) in [6.45, 7) is 12.8. The molecule has 3 aliphatic heterocycles. The van der Waals surface area contributed by atoms with Gasteiger partial charge in [-0.05, 0) is 39.2 Å². The summed E-state index contributed by atoms with van der Waals surface area (Å²) in [4.78, 5) is 57.5. The summed E-state index contributed by atoms with van der Waals surface area (Å²) < 4.78 is 12.6. The minimum Gasteiger partial charge on any atom is -0.455 e. The Morgan fingerprint density at radius 3 is 2.53 bits per heavy atom. The van der Waals surface area contributed by atoms with E-state index in [2.05, 4.69) is 34.4 Å². The number of nitrogens with zero attached hydrogens (tertiary/aromatic N) is 2. The van der Waals surface area contributed by atoms with Crippen molar-refractivity contribution in [2.75, 3.05) is 19.7 Å². The number of allylic oxidation sites excluding steroid dienone is 1. The Balaban J connectivity index is 1.67. The molecule has 8 atom stereocenters. The van der Waals surface area contributed by atoms with Crippen LogP contribution in [0.25, 0.3) is 0 Å². The molecule has 1 aromatic carbocycles. The highest BCUT2D eigenvalue weighted by Gasteiger charge is 2.77. The van der Waals surface area contributed by atoms with Crippen molar-refractivity contribution in [3.63, 3.8) is 0 Å². The van der Waals surface area contributed by atoms with E-state index in [0.29, 0.717) is 18.4 Å². The van der Waals surface area contributed by atoms with Crippen molar-refractivity contribution in [3.8, 4) is 0 Å². The van der Waals surface area contributed by atoms with Crippen LogP contribution in [0.4, 0.5) is 0 Å². The van der Waals surface area contributed by atoms with Crippen molar-refractivity contribution in [1.29, 1.82) is 0 Å². The standard InChI is InChI=1S/C32H42BrN3O7/c1-6-8-14-24(38)34-17-23(21-12-10-9-11-13-21)42-31(41)25-26-29(39)36(20(5)18-37)28(30(40)35(15-7-2)19(3)4)32(26)16-22(33)27(25)43-32/h6-7,9-13,19-20,22-23,25-28,37H,1-2,8,14-18H2,3-5H3,(H,34,38)/t20-,22?,23-,25+,26-,27+,28+,32-/m1/s1. The molecule has 11 heteroatoms. The second-order valence-corrected chi connectivity index (χ2v) is 13.0. The molecule has 1 spiro atoms. The minimum absolute atomic E-state index is 0.0468. The molecule has 3 aliphatic rings. The fourth-order valence-corrected chi connectivity index (χ4v) is 7.61. The maximum atomic E-state index is 14.2. The molecule has 0 radical (unpaired) electrons. The molecule has 43 heavy (non-hydrogen) atoms. The number of aliphatic hydroxyl groups excluding tert-OH is 1. The second kappa shape index (κ2) is 13.7.